The zero-order chi connectivity index (χ0) is 10.3. The molecule has 1 aromatic carbocycles. The fourth-order valence-corrected chi connectivity index (χ4v) is 2.51. The maximum Gasteiger partial charge on any atom is 0.211 e. The molecular formula is C10H8FNO2S. The molecule has 0 amide bonds. The highest BCUT2D eigenvalue weighted by Gasteiger charge is 2.22. The number of thiazole rings is 1. The third-order valence-corrected chi connectivity index (χ3v) is 3.23. The highest BCUT2D eigenvalue weighted by molar-refractivity contribution is 7.18. The van der Waals surface area contributed by atoms with Crippen LogP contribution >= 0.6 is 11.3 Å². The Morgan fingerprint density at radius 2 is 2.13 bits per heavy atom. The van der Waals surface area contributed by atoms with Crippen LogP contribution in [0.5, 0.6) is 0 Å². The molecule has 2 heterocycles. The molecule has 0 radical (unpaired) electrons. The Morgan fingerprint density at radius 1 is 1.33 bits per heavy atom. The molecule has 78 valence electrons. The van der Waals surface area contributed by atoms with Crippen LogP contribution in [-0.2, 0) is 9.47 Å². The van der Waals surface area contributed by atoms with Gasteiger partial charge in [-0.3, -0.25) is 0 Å². The van der Waals surface area contributed by atoms with Crippen LogP contribution in [0.3, 0.4) is 0 Å². The normalized spacial score (nSPS) is 17.7. The van der Waals surface area contributed by atoms with Gasteiger partial charge in [-0.25, -0.2) is 9.37 Å². The topological polar surface area (TPSA) is 31.4 Å². The van der Waals surface area contributed by atoms with Gasteiger partial charge in [-0.2, -0.15) is 0 Å². The van der Waals surface area contributed by atoms with Crippen LogP contribution in [0.15, 0.2) is 18.2 Å². The average Bonchev–Trinajstić information content (AvgIpc) is 2.84. The summed E-state index contributed by atoms with van der Waals surface area (Å²) < 4.78 is 24.4. The summed E-state index contributed by atoms with van der Waals surface area (Å²) in [7, 11) is 0. The van der Waals surface area contributed by atoms with Gasteiger partial charge in [0.05, 0.1) is 23.4 Å². The quantitative estimate of drug-likeness (QED) is 0.747. The maximum absolute atomic E-state index is 12.9. The Hall–Kier alpha value is -1.04. The molecule has 3 nitrogen and oxygen atoms in total. The number of ether oxygens (including phenoxy) is 2. The van der Waals surface area contributed by atoms with Crippen molar-refractivity contribution in [1.29, 1.82) is 0 Å². The highest BCUT2D eigenvalue weighted by Crippen LogP contribution is 2.31. The summed E-state index contributed by atoms with van der Waals surface area (Å²) in [6, 6.07) is 4.55. The summed E-state index contributed by atoms with van der Waals surface area (Å²) in [4.78, 5) is 4.34. The van der Waals surface area contributed by atoms with Crippen molar-refractivity contribution in [2.45, 2.75) is 6.29 Å². The summed E-state index contributed by atoms with van der Waals surface area (Å²) in [5.41, 5.74) is 0.788. The SMILES string of the molecule is Fc1ccc2nc(C3OCCO3)sc2c1. The van der Waals surface area contributed by atoms with Gasteiger partial charge in [0.1, 0.15) is 5.82 Å². The standard InChI is InChI=1S/C10H8FNO2S/c11-6-1-2-7-8(5-6)15-9(12-7)10-13-3-4-14-10/h1-2,5,10H,3-4H2. The zero-order valence-corrected chi connectivity index (χ0v) is 8.59. The summed E-state index contributed by atoms with van der Waals surface area (Å²) in [6.45, 7) is 1.18. The van der Waals surface area contributed by atoms with Crippen molar-refractivity contribution < 1.29 is 13.9 Å². The molecule has 0 spiro atoms. The first kappa shape index (κ1) is 9.21. The average molecular weight is 225 g/mol. The molecule has 1 aromatic heterocycles. The molecule has 5 heteroatoms. The van der Waals surface area contributed by atoms with Crippen molar-refractivity contribution >= 4 is 21.6 Å². The predicted octanol–water partition coefficient (Wildman–Crippen LogP) is 2.48. The van der Waals surface area contributed by atoms with Crippen LogP contribution in [0.2, 0.25) is 0 Å². The van der Waals surface area contributed by atoms with Crippen LogP contribution in [0.1, 0.15) is 11.3 Å². The van der Waals surface area contributed by atoms with Gasteiger partial charge in [0.15, 0.2) is 5.01 Å². The van der Waals surface area contributed by atoms with Crippen molar-refractivity contribution in [2.24, 2.45) is 0 Å². The van der Waals surface area contributed by atoms with E-state index < -0.39 is 0 Å². The second-order valence-corrected chi connectivity index (χ2v) is 4.30. The van der Waals surface area contributed by atoms with Crippen molar-refractivity contribution in [3.8, 4) is 0 Å². The van der Waals surface area contributed by atoms with Gasteiger partial charge in [-0.05, 0) is 18.2 Å². The highest BCUT2D eigenvalue weighted by atomic mass is 32.1. The van der Waals surface area contributed by atoms with Crippen molar-refractivity contribution in [3.05, 3.63) is 29.0 Å². The molecule has 0 atom stereocenters. The maximum atomic E-state index is 12.9. The molecule has 1 aliphatic rings. The number of halogens is 1. The minimum absolute atomic E-state index is 0.244. The van der Waals surface area contributed by atoms with Gasteiger partial charge < -0.3 is 9.47 Å². The number of hydrogen-bond acceptors (Lipinski definition) is 4. The minimum atomic E-state index is -0.370. The summed E-state index contributed by atoms with van der Waals surface area (Å²) in [6.07, 6.45) is -0.370. The first-order valence-electron chi connectivity index (χ1n) is 4.62. The van der Waals surface area contributed by atoms with E-state index in [1.807, 2.05) is 0 Å². The summed E-state index contributed by atoms with van der Waals surface area (Å²) in [5, 5.41) is 0.758. The number of hydrogen-bond donors (Lipinski definition) is 0. The largest absolute Gasteiger partial charge is 0.344 e. The first-order chi connectivity index (χ1) is 7.33. The van der Waals surface area contributed by atoms with E-state index in [-0.39, 0.29) is 12.1 Å². The second kappa shape index (κ2) is 3.52. The molecule has 3 rings (SSSR count). The van der Waals surface area contributed by atoms with Gasteiger partial charge in [0, 0.05) is 0 Å². The Bertz CT molecular complexity index is 493. The lowest BCUT2D eigenvalue weighted by Crippen LogP contribution is -1.96. The molecule has 0 aliphatic carbocycles. The van der Waals surface area contributed by atoms with E-state index in [4.69, 9.17) is 9.47 Å². The number of benzene rings is 1. The molecule has 2 aromatic rings. The summed E-state index contributed by atoms with van der Waals surface area (Å²) >= 11 is 1.41. The van der Waals surface area contributed by atoms with Crippen molar-refractivity contribution in [1.82, 2.24) is 4.98 Å². The number of rotatable bonds is 1. The lowest BCUT2D eigenvalue weighted by molar-refractivity contribution is -0.0440. The fraction of sp³-hybridized carbons (Fsp3) is 0.300. The van der Waals surface area contributed by atoms with Crippen LogP contribution in [0.25, 0.3) is 10.2 Å². The first-order valence-corrected chi connectivity index (χ1v) is 5.44. The van der Waals surface area contributed by atoms with Crippen LogP contribution in [-0.4, -0.2) is 18.2 Å². The van der Waals surface area contributed by atoms with E-state index in [1.165, 1.54) is 23.5 Å². The van der Waals surface area contributed by atoms with Gasteiger partial charge >= 0.3 is 0 Å². The second-order valence-electron chi connectivity index (χ2n) is 3.24. The van der Waals surface area contributed by atoms with Crippen LogP contribution in [0, 0.1) is 5.82 Å². The Morgan fingerprint density at radius 3 is 2.93 bits per heavy atom. The zero-order valence-electron chi connectivity index (χ0n) is 7.77. The number of aromatic nitrogens is 1. The predicted molar refractivity (Wildman–Crippen MR) is 54.2 cm³/mol. The molecule has 1 aliphatic heterocycles. The molecule has 1 saturated heterocycles. The van der Waals surface area contributed by atoms with E-state index in [0.29, 0.717) is 13.2 Å². The molecular weight excluding hydrogens is 217 g/mol. The van der Waals surface area contributed by atoms with Gasteiger partial charge in [-0.1, -0.05) is 0 Å². The van der Waals surface area contributed by atoms with Crippen LogP contribution in [0.4, 0.5) is 4.39 Å². The van der Waals surface area contributed by atoms with Gasteiger partial charge in [0.25, 0.3) is 0 Å². The minimum Gasteiger partial charge on any atom is -0.344 e. The smallest absolute Gasteiger partial charge is 0.211 e. The van der Waals surface area contributed by atoms with E-state index >= 15 is 0 Å². The Labute approximate surface area is 89.5 Å². The Kier molecular flexibility index (Phi) is 2.16. The number of nitrogens with zero attached hydrogens (tertiary/aromatic N) is 1. The van der Waals surface area contributed by atoms with E-state index in [9.17, 15) is 4.39 Å². The molecule has 0 bridgehead atoms. The molecule has 15 heavy (non-hydrogen) atoms. The third-order valence-electron chi connectivity index (χ3n) is 2.19. The number of fused-ring (bicyclic) bond motifs is 1. The third kappa shape index (κ3) is 1.62. The lowest BCUT2D eigenvalue weighted by Gasteiger charge is -2.02. The van der Waals surface area contributed by atoms with Crippen LogP contribution < -0.4 is 0 Å². The van der Waals surface area contributed by atoms with E-state index in [2.05, 4.69) is 4.98 Å². The Balaban J connectivity index is 2.05. The molecule has 0 N–H and O–H groups in total. The fourth-order valence-electron chi connectivity index (χ4n) is 1.52. The lowest BCUT2D eigenvalue weighted by atomic mass is 10.3. The molecule has 1 fully saturated rings. The van der Waals surface area contributed by atoms with Gasteiger partial charge in [-0.15, -0.1) is 11.3 Å². The summed E-state index contributed by atoms with van der Waals surface area (Å²) in [5.74, 6) is -0.244. The molecule has 0 unspecified atom stereocenters. The van der Waals surface area contributed by atoms with Gasteiger partial charge in [0.2, 0.25) is 6.29 Å². The monoisotopic (exact) mass is 225 g/mol. The molecule has 0 saturated carbocycles. The van der Waals surface area contributed by atoms with Crippen molar-refractivity contribution in [2.75, 3.05) is 13.2 Å². The van der Waals surface area contributed by atoms with E-state index in [1.54, 1.807) is 6.07 Å². The van der Waals surface area contributed by atoms with Crippen molar-refractivity contribution in [3.63, 3.8) is 0 Å². The van der Waals surface area contributed by atoms with E-state index in [0.717, 1.165) is 15.2 Å².